The summed E-state index contributed by atoms with van der Waals surface area (Å²) in [4.78, 5) is 35.0. The van der Waals surface area contributed by atoms with E-state index in [1.165, 1.54) is 18.2 Å². The molecule has 5 N–H and O–H groups in total. The molecule has 2 saturated carbocycles. The van der Waals surface area contributed by atoms with Gasteiger partial charge in [-0.2, -0.15) is 0 Å². The number of carbonyl (C=O) groups excluding carboxylic acids is 1. The van der Waals surface area contributed by atoms with E-state index in [4.69, 9.17) is 34.0 Å². The zero-order chi connectivity index (χ0) is 18.7. The number of hydrogen-bond donors (Lipinski definition) is 4. The molecular formula is C15H13Cl2FN2O5. The SMILES string of the molecule is NC1(C(=O)O)C(NC(=O)c2ccc(Cl)c(Cl)c2)CC2C1C2(F)C(=O)O. The quantitative estimate of drug-likeness (QED) is 0.613. The third kappa shape index (κ3) is 2.39. The molecule has 10 heteroatoms. The topological polar surface area (TPSA) is 130 Å². The molecule has 5 unspecified atom stereocenters. The smallest absolute Gasteiger partial charge is 0.342 e. The third-order valence-corrected chi connectivity index (χ3v) is 5.79. The van der Waals surface area contributed by atoms with Gasteiger partial charge in [-0.15, -0.1) is 0 Å². The van der Waals surface area contributed by atoms with Crippen LogP contribution in [0, 0.1) is 11.8 Å². The number of carboxylic acids is 2. The van der Waals surface area contributed by atoms with E-state index in [1.54, 1.807) is 0 Å². The van der Waals surface area contributed by atoms with Gasteiger partial charge < -0.3 is 21.3 Å². The predicted molar refractivity (Wildman–Crippen MR) is 85.3 cm³/mol. The van der Waals surface area contributed by atoms with Crippen LogP contribution in [0.3, 0.4) is 0 Å². The molecule has 3 rings (SSSR count). The standard InChI is InChI=1S/C15H13Cl2FN2O5/c16-7-2-1-5(3-8(7)17)11(21)20-9-4-6-10(14(6,18)12(22)23)15(9,19)13(24)25/h1-3,6,9-10H,4,19H2,(H,20,21)(H,22,23)(H,24,25). The number of nitrogens with one attached hydrogen (secondary N) is 1. The molecule has 5 atom stereocenters. The van der Waals surface area contributed by atoms with E-state index in [-0.39, 0.29) is 22.0 Å². The number of alkyl halides is 1. The van der Waals surface area contributed by atoms with Crippen LogP contribution in [0.4, 0.5) is 4.39 Å². The van der Waals surface area contributed by atoms with Crippen molar-refractivity contribution in [2.45, 2.75) is 23.7 Å². The molecule has 1 aromatic carbocycles. The van der Waals surface area contributed by atoms with E-state index >= 15 is 0 Å². The monoisotopic (exact) mass is 390 g/mol. The lowest BCUT2D eigenvalue weighted by Gasteiger charge is -2.32. The number of fused-ring (bicyclic) bond motifs is 1. The van der Waals surface area contributed by atoms with Crippen molar-refractivity contribution >= 4 is 41.0 Å². The highest BCUT2D eigenvalue weighted by Gasteiger charge is 2.84. The summed E-state index contributed by atoms with van der Waals surface area (Å²) in [7, 11) is 0. The molecule has 25 heavy (non-hydrogen) atoms. The zero-order valence-electron chi connectivity index (χ0n) is 12.5. The molecule has 7 nitrogen and oxygen atoms in total. The normalized spacial score (nSPS) is 35.8. The van der Waals surface area contributed by atoms with Crippen LogP contribution in [0.1, 0.15) is 16.8 Å². The first-order valence-corrected chi connectivity index (χ1v) is 8.00. The van der Waals surface area contributed by atoms with Crippen LogP contribution in [-0.4, -0.2) is 45.3 Å². The van der Waals surface area contributed by atoms with Gasteiger partial charge in [-0.1, -0.05) is 23.2 Å². The van der Waals surface area contributed by atoms with Crippen LogP contribution >= 0.6 is 23.2 Å². The molecular weight excluding hydrogens is 378 g/mol. The molecule has 0 saturated heterocycles. The Bertz CT molecular complexity index is 806. The van der Waals surface area contributed by atoms with Gasteiger partial charge in [-0.3, -0.25) is 9.59 Å². The summed E-state index contributed by atoms with van der Waals surface area (Å²) in [5, 5.41) is 21.3. The molecule has 1 aromatic rings. The molecule has 0 heterocycles. The van der Waals surface area contributed by atoms with Gasteiger partial charge >= 0.3 is 11.9 Å². The lowest BCUT2D eigenvalue weighted by molar-refractivity contribution is -0.150. The highest BCUT2D eigenvalue weighted by molar-refractivity contribution is 6.42. The number of hydrogen-bond acceptors (Lipinski definition) is 4. The Kier molecular flexibility index (Phi) is 3.98. The Morgan fingerprint density at radius 3 is 2.36 bits per heavy atom. The summed E-state index contributed by atoms with van der Waals surface area (Å²) in [5.74, 6) is -6.45. The van der Waals surface area contributed by atoms with Crippen molar-refractivity contribution in [3.8, 4) is 0 Å². The van der Waals surface area contributed by atoms with Crippen LogP contribution < -0.4 is 11.1 Å². The summed E-state index contributed by atoms with van der Waals surface area (Å²) >= 11 is 11.6. The lowest BCUT2D eigenvalue weighted by Crippen LogP contribution is -2.64. The van der Waals surface area contributed by atoms with Crippen LogP contribution in [0.25, 0.3) is 0 Å². The second kappa shape index (κ2) is 5.55. The summed E-state index contributed by atoms with van der Waals surface area (Å²) < 4.78 is 14.4. The van der Waals surface area contributed by atoms with E-state index < -0.39 is 46.9 Å². The van der Waals surface area contributed by atoms with Crippen molar-refractivity contribution in [1.82, 2.24) is 5.32 Å². The van der Waals surface area contributed by atoms with Crippen LogP contribution in [0.2, 0.25) is 10.0 Å². The summed E-state index contributed by atoms with van der Waals surface area (Å²) in [6, 6.07) is 2.96. The molecule has 134 valence electrons. The number of amides is 1. The number of halogens is 3. The largest absolute Gasteiger partial charge is 0.480 e. The van der Waals surface area contributed by atoms with E-state index in [0.717, 1.165) is 0 Å². The van der Waals surface area contributed by atoms with Gasteiger partial charge in [0.2, 0.25) is 5.67 Å². The average Bonchev–Trinajstić information content (AvgIpc) is 3.01. The number of benzene rings is 1. The Morgan fingerprint density at radius 1 is 1.20 bits per heavy atom. The fraction of sp³-hybridized carbons (Fsp3) is 0.400. The number of carboxylic acid groups (broad SMARTS) is 2. The summed E-state index contributed by atoms with van der Waals surface area (Å²) in [6.07, 6.45) is -0.191. The minimum atomic E-state index is -2.68. The van der Waals surface area contributed by atoms with Gasteiger partial charge in [0, 0.05) is 17.4 Å². The van der Waals surface area contributed by atoms with Gasteiger partial charge in [0.1, 0.15) is 5.54 Å². The Morgan fingerprint density at radius 2 is 1.84 bits per heavy atom. The Hall–Kier alpha value is -1.90. The van der Waals surface area contributed by atoms with Crippen molar-refractivity contribution < 1.29 is 29.0 Å². The summed E-state index contributed by atoms with van der Waals surface area (Å²) in [5.41, 5.74) is 1.08. The zero-order valence-corrected chi connectivity index (χ0v) is 14.0. The van der Waals surface area contributed by atoms with Gasteiger partial charge in [0.15, 0.2) is 0 Å². The Balaban J connectivity index is 1.84. The second-order valence-corrected chi connectivity index (χ2v) is 7.10. The predicted octanol–water partition coefficient (Wildman–Crippen LogP) is 1.32. The number of carbonyl (C=O) groups is 3. The van der Waals surface area contributed by atoms with Gasteiger partial charge in [0.25, 0.3) is 5.91 Å². The van der Waals surface area contributed by atoms with Crippen molar-refractivity contribution in [1.29, 1.82) is 0 Å². The van der Waals surface area contributed by atoms with Gasteiger partial charge in [-0.05, 0) is 24.6 Å². The van der Waals surface area contributed by atoms with Crippen molar-refractivity contribution in [3.63, 3.8) is 0 Å². The first-order chi connectivity index (χ1) is 11.5. The minimum absolute atomic E-state index is 0.118. The molecule has 0 aliphatic heterocycles. The van der Waals surface area contributed by atoms with Crippen molar-refractivity contribution in [2.75, 3.05) is 0 Å². The van der Waals surface area contributed by atoms with E-state index in [1.807, 2.05) is 0 Å². The van der Waals surface area contributed by atoms with Crippen LogP contribution in [-0.2, 0) is 9.59 Å². The lowest BCUT2D eigenvalue weighted by atomic mass is 9.86. The maximum Gasteiger partial charge on any atom is 0.342 e. The van der Waals surface area contributed by atoms with Gasteiger partial charge in [-0.25, -0.2) is 9.18 Å². The maximum atomic E-state index is 14.4. The fourth-order valence-corrected chi connectivity index (χ4v) is 4.01. The molecule has 2 fully saturated rings. The average molecular weight is 391 g/mol. The Labute approximate surface area is 150 Å². The molecule has 0 radical (unpaired) electrons. The fourth-order valence-electron chi connectivity index (χ4n) is 3.71. The molecule has 2 aliphatic carbocycles. The van der Waals surface area contributed by atoms with E-state index in [9.17, 15) is 23.9 Å². The minimum Gasteiger partial charge on any atom is -0.480 e. The van der Waals surface area contributed by atoms with Crippen molar-refractivity contribution in [2.24, 2.45) is 17.6 Å². The van der Waals surface area contributed by atoms with Crippen LogP contribution in [0.5, 0.6) is 0 Å². The maximum absolute atomic E-state index is 14.4. The molecule has 2 aliphatic rings. The summed E-state index contributed by atoms with van der Waals surface area (Å²) in [6.45, 7) is 0. The molecule has 0 aromatic heterocycles. The first-order valence-electron chi connectivity index (χ1n) is 7.25. The van der Waals surface area contributed by atoms with E-state index in [2.05, 4.69) is 5.32 Å². The second-order valence-electron chi connectivity index (χ2n) is 6.29. The highest BCUT2D eigenvalue weighted by Crippen LogP contribution is 2.66. The van der Waals surface area contributed by atoms with Crippen LogP contribution in [0.15, 0.2) is 18.2 Å². The van der Waals surface area contributed by atoms with E-state index in [0.29, 0.717) is 0 Å². The number of aliphatic carboxylic acids is 2. The molecule has 0 spiro atoms. The first kappa shape index (κ1) is 17.9. The molecule has 1 amide bonds. The van der Waals surface area contributed by atoms with Crippen molar-refractivity contribution in [3.05, 3.63) is 33.8 Å². The highest BCUT2D eigenvalue weighted by atomic mass is 35.5. The number of nitrogens with two attached hydrogens (primary N) is 1. The third-order valence-electron chi connectivity index (χ3n) is 5.05. The molecule has 0 bridgehead atoms. The number of rotatable bonds is 4. The van der Waals surface area contributed by atoms with Gasteiger partial charge in [0.05, 0.1) is 16.1 Å².